The highest BCUT2D eigenvalue weighted by molar-refractivity contribution is 6.13. The van der Waals surface area contributed by atoms with Crippen LogP contribution in [0.25, 0.3) is 110 Å². The van der Waals surface area contributed by atoms with Crippen LogP contribution in [0.1, 0.15) is 43.2 Å². The van der Waals surface area contributed by atoms with E-state index >= 15 is 0 Å². The molecule has 3 aromatic heterocycles. The van der Waals surface area contributed by atoms with Gasteiger partial charge in [0.25, 0.3) is 0 Å². The summed E-state index contributed by atoms with van der Waals surface area (Å²) in [6.07, 6.45) is 6.15. The molecule has 1 saturated carbocycles. The molecule has 2 aliphatic rings. The number of para-hydroxylation sites is 3. The second-order valence-electron chi connectivity index (χ2n) is 17.9. The maximum Gasteiger partial charge on any atom is 0.137 e. The minimum absolute atomic E-state index is 0.00442. The first-order valence-electron chi connectivity index (χ1n) is 22.5. The van der Waals surface area contributed by atoms with Crippen molar-refractivity contribution >= 4 is 65.6 Å². The van der Waals surface area contributed by atoms with Gasteiger partial charge < -0.3 is 13.6 Å². The fourth-order valence-corrected chi connectivity index (χ4v) is 11.8. The van der Waals surface area contributed by atoms with Gasteiger partial charge in [-0.2, -0.15) is 0 Å². The molecule has 0 atom stereocenters. The van der Waals surface area contributed by atoms with Crippen LogP contribution in [0.4, 0.5) is 0 Å². The van der Waals surface area contributed by atoms with E-state index in [9.17, 15) is 0 Å². The number of hydrogen-bond acceptors (Lipinski definition) is 1. The summed E-state index contributed by atoms with van der Waals surface area (Å²) in [4.78, 5) is 0. The Balaban J connectivity index is 0.920. The van der Waals surface area contributed by atoms with Gasteiger partial charge in [-0.1, -0.05) is 135 Å². The molecule has 14 rings (SSSR count). The van der Waals surface area contributed by atoms with Crippen LogP contribution in [0.3, 0.4) is 0 Å². The standard InChI is InChI=1S/C60H42N2O/c1-3-13-38(14-4-1)39-21-25-42(26-22-39)61-54-18-8-5-15-45(54)50-33-40(24-30-56(50)61)41-23-28-44-49-37-57-51(36-53(49)60(52(44)34-41)31-11-2-12-32-60)46-16-6-9-19-55(46)62(57)43-27-29-48-47-17-7-10-20-58(47)63-59(48)35-43/h1,3-10,13-30,33-37H,2,11-12,31-32H2. The molecule has 0 N–H and O–H groups in total. The van der Waals surface area contributed by atoms with E-state index in [1.807, 2.05) is 6.07 Å². The number of benzene rings is 9. The summed E-state index contributed by atoms with van der Waals surface area (Å²) in [5, 5.41) is 7.48. The fourth-order valence-electron chi connectivity index (χ4n) is 11.8. The zero-order chi connectivity index (χ0) is 41.2. The Morgan fingerprint density at radius 3 is 1.70 bits per heavy atom. The van der Waals surface area contributed by atoms with Gasteiger partial charge in [0.2, 0.25) is 0 Å². The van der Waals surface area contributed by atoms with Crippen molar-refractivity contribution in [2.24, 2.45) is 0 Å². The zero-order valence-corrected chi connectivity index (χ0v) is 34.8. The third kappa shape index (κ3) is 5.02. The molecule has 63 heavy (non-hydrogen) atoms. The van der Waals surface area contributed by atoms with E-state index in [0.717, 1.165) is 27.6 Å². The van der Waals surface area contributed by atoms with Gasteiger partial charge in [0.1, 0.15) is 11.2 Å². The van der Waals surface area contributed by atoms with Crippen molar-refractivity contribution in [3.8, 4) is 44.8 Å². The second-order valence-corrected chi connectivity index (χ2v) is 17.9. The SMILES string of the molecule is c1ccc(-c2ccc(-n3c4ccccc4c4cc(-c5ccc6c(c5)C5(CCCCC5)c5cc7c8ccccc8n(-c8ccc9c(c8)oc8ccccc89)c7cc5-6)ccc43)cc2)cc1. The summed E-state index contributed by atoms with van der Waals surface area (Å²) < 4.78 is 11.3. The first-order chi connectivity index (χ1) is 31.2. The van der Waals surface area contributed by atoms with Crippen molar-refractivity contribution in [1.29, 1.82) is 0 Å². The van der Waals surface area contributed by atoms with E-state index in [0.29, 0.717) is 0 Å². The van der Waals surface area contributed by atoms with Crippen LogP contribution < -0.4 is 0 Å². The Hall–Kier alpha value is -7.62. The van der Waals surface area contributed by atoms with Crippen LogP contribution in [0.5, 0.6) is 0 Å². The van der Waals surface area contributed by atoms with Crippen molar-refractivity contribution in [2.75, 3.05) is 0 Å². The summed E-state index contributed by atoms with van der Waals surface area (Å²) in [6.45, 7) is 0. The minimum Gasteiger partial charge on any atom is -0.456 e. The first-order valence-corrected chi connectivity index (χ1v) is 22.5. The van der Waals surface area contributed by atoms with Crippen molar-refractivity contribution in [1.82, 2.24) is 9.13 Å². The summed E-state index contributed by atoms with van der Waals surface area (Å²) >= 11 is 0. The molecule has 3 heterocycles. The molecule has 3 nitrogen and oxygen atoms in total. The van der Waals surface area contributed by atoms with Gasteiger partial charge in [0, 0.05) is 55.2 Å². The van der Waals surface area contributed by atoms with E-state index in [1.54, 1.807) is 0 Å². The minimum atomic E-state index is -0.00442. The van der Waals surface area contributed by atoms with E-state index < -0.39 is 0 Å². The number of rotatable bonds is 4. The molecule has 1 spiro atoms. The number of nitrogens with zero attached hydrogens (tertiary/aromatic N) is 2. The Labute approximate surface area is 365 Å². The maximum absolute atomic E-state index is 6.43. The molecule has 3 heteroatoms. The lowest BCUT2D eigenvalue weighted by atomic mass is 9.67. The predicted molar refractivity (Wildman–Crippen MR) is 263 cm³/mol. The van der Waals surface area contributed by atoms with Gasteiger partial charge in [-0.15, -0.1) is 0 Å². The number of fused-ring (bicyclic) bond motifs is 14. The monoisotopic (exact) mass is 806 g/mol. The van der Waals surface area contributed by atoms with Crippen molar-refractivity contribution < 1.29 is 4.42 Å². The highest BCUT2D eigenvalue weighted by Gasteiger charge is 2.44. The zero-order valence-electron chi connectivity index (χ0n) is 34.8. The van der Waals surface area contributed by atoms with E-state index in [1.165, 1.54) is 126 Å². The fraction of sp³-hybridized carbons (Fsp3) is 0.100. The molecule has 0 aliphatic heterocycles. The second kappa shape index (κ2) is 13.2. The normalized spacial score (nSPS) is 14.5. The maximum atomic E-state index is 6.43. The van der Waals surface area contributed by atoms with Gasteiger partial charge in [-0.3, -0.25) is 0 Å². The smallest absolute Gasteiger partial charge is 0.137 e. The number of furan rings is 1. The molecule has 9 aromatic carbocycles. The van der Waals surface area contributed by atoms with Crippen molar-refractivity contribution in [3.63, 3.8) is 0 Å². The molecule has 0 radical (unpaired) electrons. The first kappa shape index (κ1) is 35.0. The molecule has 0 amide bonds. The van der Waals surface area contributed by atoms with Crippen LogP contribution in [0.2, 0.25) is 0 Å². The van der Waals surface area contributed by atoms with Crippen LogP contribution in [0, 0.1) is 0 Å². The average molecular weight is 807 g/mol. The lowest BCUT2D eigenvalue weighted by Crippen LogP contribution is -2.28. The van der Waals surface area contributed by atoms with Crippen LogP contribution in [-0.4, -0.2) is 9.13 Å². The van der Waals surface area contributed by atoms with Gasteiger partial charge >= 0.3 is 0 Å². The van der Waals surface area contributed by atoms with Gasteiger partial charge in [-0.05, 0) is 130 Å². The van der Waals surface area contributed by atoms with E-state index in [2.05, 4.69) is 197 Å². The van der Waals surface area contributed by atoms with Crippen molar-refractivity contribution in [3.05, 3.63) is 205 Å². The van der Waals surface area contributed by atoms with Crippen LogP contribution in [0.15, 0.2) is 199 Å². The van der Waals surface area contributed by atoms with Crippen LogP contribution in [-0.2, 0) is 5.41 Å². The van der Waals surface area contributed by atoms with E-state index in [-0.39, 0.29) is 5.41 Å². The Morgan fingerprint density at radius 1 is 0.333 bits per heavy atom. The average Bonchev–Trinajstić information content (AvgIpc) is 4.06. The Bertz CT molecular complexity index is 3820. The summed E-state index contributed by atoms with van der Waals surface area (Å²) in [7, 11) is 0. The quantitative estimate of drug-likeness (QED) is 0.174. The molecule has 0 saturated heterocycles. The molecule has 12 aromatic rings. The van der Waals surface area contributed by atoms with E-state index in [4.69, 9.17) is 4.42 Å². The molecule has 2 aliphatic carbocycles. The highest BCUT2D eigenvalue weighted by atomic mass is 16.3. The predicted octanol–water partition coefficient (Wildman–Crippen LogP) is 16.3. The summed E-state index contributed by atoms with van der Waals surface area (Å²) in [6, 6.07) is 72.1. The topological polar surface area (TPSA) is 23.0 Å². The molecular formula is C60H42N2O. The summed E-state index contributed by atoms with van der Waals surface area (Å²) in [5.41, 5.74) is 19.8. The van der Waals surface area contributed by atoms with Gasteiger partial charge in [0.05, 0.1) is 22.1 Å². The van der Waals surface area contributed by atoms with Gasteiger partial charge in [-0.25, -0.2) is 0 Å². The summed E-state index contributed by atoms with van der Waals surface area (Å²) in [5.74, 6) is 0. The lowest BCUT2D eigenvalue weighted by Gasteiger charge is -2.36. The third-order valence-corrected chi connectivity index (χ3v) is 14.7. The molecular weight excluding hydrogens is 765 g/mol. The number of hydrogen-bond donors (Lipinski definition) is 0. The molecule has 1 fully saturated rings. The van der Waals surface area contributed by atoms with Crippen LogP contribution >= 0.6 is 0 Å². The third-order valence-electron chi connectivity index (χ3n) is 14.7. The molecule has 0 bridgehead atoms. The number of aromatic nitrogens is 2. The highest BCUT2D eigenvalue weighted by Crippen LogP contribution is 2.58. The van der Waals surface area contributed by atoms with Crippen molar-refractivity contribution in [2.45, 2.75) is 37.5 Å². The Morgan fingerprint density at radius 2 is 0.905 bits per heavy atom. The van der Waals surface area contributed by atoms with Gasteiger partial charge in [0.15, 0.2) is 0 Å². The lowest BCUT2D eigenvalue weighted by molar-refractivity contribution is 0.353. The largest absolute Gasteiger partial charge is 0.456 e. The molecule has 298 valence electrons. The Kier molecular flexibility index (Phi) is 7.33. The molecule has 0 unspecified atom stereocenters.